The lowest BCUT2D eigenvalue weighted by Gasteiger charge is -2.00. The first kappa shape index (κ1) is 12.6. The molecule has 1 aromatic rings. The third kappa shape index (κ3) is 3.98. The van der Waals surface area contributed by atoms with Crippen molar-refractivity contribution in [2.75, 3.05) is 6.54 Å². The van der Waals surface area contributed by atoms with Crippen LogP contribution in [0.1, 0.15) is 27.4 Å². The van der Waals surface area contributed by atoms with E-state index in [1.807, 2.05) is 19.1 Å². The van der Waals surface area contributed by atoms with Crippen LogP contribution in [0.2, 0.25) is 0 Å². The van der Waals surface area contributed by atoms with E-state index in [2.05, 4.69) is 11.9 Å². The van der Waals surface area contributed by atoms with Crippen LogP contribution in [0.25, 0.3) is 0 Å². The molecule has 4 heteroatoms. The highest BCUT2D eigenvalue weighted by Gasteiger charge is 2.10. The normalized spacial score (nSPS) is 9.81. The van der Waals surface area contributed by atoms with Crippen LogP contribution in [-0.2, 0) is 4.79 Å². The van der Waals surface area contributed by atoms with Gasteiger partial charge in [-0.05, 0) is 19.1 Å². The third-order valence-corrected chi connectivity index (χ3v) is 3.08. The van der Waals surface area contributed by atoms with Crippen LogP contribution < -0.4 is 5.32 Å². The number of aryl methyl sites for hydroxylation is 1. The second-order valence-corrected chi connectivity index (χ2v) is 4.71. The maximum Gasteiger partial charge on any atom is 0.220 e. The SMILES string of the molecule is C=CCNC(=O)CCC(=O)c1ccc(C)s1. The summed E-state index contributed by atoms with van der Waals surface area (Å²) in [5.41, 5.74) is 0. The molecule has 0 atom stereocenters. The van der Waals surface area contributed by atoms with Gasteiger partial charge in [0.2, 0.25) is 5.91 Å². The zero-order valence-corrected chi connectivity index (χ0v) is 10.1. The number of carbonyl (C=O) groups is 2. The summed E-state index contributed by atoms with van der Waals surface area (Å²) in [7, 11) is 0. The Hall–Kier alpha value is -1.42. The highest BCUT2D eigenvalue weighted by atomic mass is 32.1. The molecule has 1 rings (SSSR count). The van der Waals surface area contributed by atoms with Gasteiger partial charge in [0.25, 0.3) is 0 Å². The predicted molar refractivity (Wildman–Crippen MR) is 65.8 cm³/mol. The lowest BCUT2D eigenvalue weighted by atomic mass is 10.2. The zero-order valence-electron chi connectivity index (χ0n) is 9.29. The monoisotopic (exact) mass is 237 g/mol. The number of nitrogens with one attached hydrogen (secondary N) is 1. The van der Waals surface area contributed by atoms with Crippen molar-refractivity contribution in [1.29, 1.82) is 0 Å². The van der Waals surface area contributed by atoms with Gasteiger partial charge in [-0.15, -0.1) is 17.9 Å². The molecule has 1 heterocycles. The molecular formula is C12H15NO2S. The summed E-state index contributed by atoms with van der Waals surface area (Å²) >= 11 is 1.47. The molecule has 0 radical (unpaired) electrons. The van der Waals surface area contributed by atoms with Gasteiger partial charge in [0, 0.05) is 24.3 Å². The van der Waals surface area contributed by atoms with Gasteiger partial charge < -0.3 is 5.32 Å². The van der Waals surface area contributed by atoms with Crippen molar-refractivity contribution in [3.05, 3.63) is 34.5 Å². The Kier molecular flexibility index (Phi) is 4.92. The van der Waals surface area contributed by atoms with Crippen LogP contribution in [-0.4, -0.2) is 18.2 Å². The Morgan fingerprint density at radius 2 is 2.19 bits per heavy atom. The third-order valence-electron chi connectivity index (χ3n) is 2.04. The van der Waals surface area contributed by atoms with E-state index in [0.717, 1.165) is 9.75 Å². The van der Waals surface area contributed by atoms with E-state index in [1.54, 1.807) is 6.08 Å². The molecule has 0 saturated carbocycles. The molecule has 0 spiro atoms. The predicted octanol–water partition coefficient (Wildman–Crippen LogP) is 2.32. The molecule has 0 saturated heterocycles. The number of hydrogen-bond acceptors (Lipinski definition) is 3. The maximum atomic E-state index is 11.6. The van der Waals surface area contributed by atoms with Gasteiger partial charge in [0.1, 0.15) is 0 Å². The van der Waals surface area contributed by atoms with Gasteiger partial charge in [-0.2, -0.15) is 0 Å². The molecule has 0 aromatic carbocycles. The molecule has 16 heavy (non-hydrogen) atoms. The minimum absolute atomic E-state index is 0.0341. The van der Waals surface area contributed by atoms with Gasteiger partial charge in [-0.25, -0.2) is 0 Å². The van der Waals surface area contributed by atoms with E-state index in [-0.39, 0.29) is 24.5 Å². The quantitative estimate of drug-likeness (QED) is 0.609. The van der Waals surface area contributed by atoms with Gasteiger partial charge >= 0.3 is 0 Å². The minimum atomic E-state index is -0.110. The number of rotatable bonds is 6. The van der Waals surface area contributed by atoms with E-state index >= 15 is 0 Å². The molecule has 1 N–H and O–H groups in total. The minimum Gasteiger partial charge on any atom is -0.353 e. The highest BCUT2D eigenvalue weighted by Crippen LogP contribution is 2.17. The number of ketones is 1. The number of amides is 1. The Labute approximate surface area is 99.2 Å². The molecule has 0 aliphatic rings. The molecule has 1 aromatic heterocycles. The average molecular weight is 237 g/mol. The van der Waals surface area contributed by atoms with Crippen molar-refractivity contribution >= 4 is 23.0 Å². The summed E-state index contributed by atoms with van der Waals surface area (Å²) in [4.78, 5) is 24.7. The molecule has 1 amide bonds. The number of Topliss-reactive ketones (excluding diaryl/α,β-unsaturated/α-hetero) is 1. The van der Waals surface area contributed by atoms with Crippen LogP contribution in [0.5, 0.6) is 0 Å². The van der Waals surface area contributed by atoms with E-state index in [9.17, 15) is 9.59 Å². The largest absolute Gasteiger partial charge is 0.353 e. The molecule has 0 unspecified atom stereocenters. The Balaban J connectivity index is 2.35. The van der Waals surface area contributed by atoms with Crippen molar-refractivity contribution in [3.8, 4) is 0 Å². The molecule has 86 valence electrons. The first-order valence-corrected chi connectivity index (χ1v) is 5.92. The van der Waals surface area contributed by atoms with Crippen molar-refractivity contribution in [2.45, 2.75) is 19.8 Å². The van der Waals surface area contributed by atoms with Crippen LogP contribution in [0.15, 0.2) is 24.8 Å². The lowest BCUT2D eigenvalue weighted by molar-refractivity contribution is -0.120. The fourth-order valence-electron chi connectivity index (χ4n) is 1.21. The van der Waals surface area contributed by atoms with Crippen molar-refractivity contribution in [2.24, 2.45) is 0 Å². The van der Waals surface area contributed by atoms with Crippen LogP contribution in [0.4, 0.5) is 0 Å². The molecule has 0 bridgehead atoms. The first-order chi connectivity index (χ1) is 7.63. The molecule has 3 nitrogen and oxygen atoms in total. The summed E-state index contributed by atoms with van der Waals surface area (Å²) in [6, 6.07) is 3.72. The van der Waals surface area contributed by atoms with E-state index in [4.69, 9.17) is 0 Å². The van der Waals surface area contributed by atoms with Gasteiger partial charge in [-0.1, -0.05) is 6.08 Å². The molecule has 0 fully saturated rings. The van der Waals surface area contributed by atoms with Crippen LogP contribution in [0, 0.1) is 6.92 Å². The molecule has 0 aliphatic carbocycles. The Bertz CT molecular complexity index is 395. The fourth-order valence-corrected chi connectivity index (χ4v) is 2.04. The Morgan fingerprint density at radius 1 is 1.44 bits per heavy atom. The number of hydrogen-bond donors (Lipinski definition) is 1. The van der Waals surface area contributed by atoms with Crippen LogP contribution >= 0.6 is 11.3 Å². The first-order valence-electron chi connectivity index (χ1n) is 5.10. The smallest absolute Gasteiger partial charge is 0.220 e. The van der Waals surface area contributed by atoms with E-state index < -0.39 is 0 Å². The Morgan fingerprint density at radius 3 is 2.75 bits per heavy atom. The number of carbonyl (C=O) groups excluding carboxylic acids is 2. The van der Waals surface area contributed by atoms with Gasteiger partial charge in [-0.3, -0.25) is 9.59 Å². The average Bonchev–Trinajstić information content (AvgIpc) is 2.69. The van der Waals surface area contributed by atoms with Gasteiger partial charge in [0.15, 0.2) is 5.78 Å². The summed E-state index contributed by atoms with van der Waals surface area (Å²) in [5.74, 6) is -0.0756. The topological polar surface area (TPSA) is 46.2 Å². The van der Waals surface area contributed by atoms with Gasteiger partial charge in [0.05, 0.1) is 4.88 Å². The summed E-state index contributed by atoms with van der Waals surface area (Å²) in [6.07, 6.45) is 2.12. The maximum absolute atomic E-state index is 11.6. The zero-order chi connectivity index (χ0) is 12.0. The van der Waals surface area contributed by atoms with Crippen molar-refractivity contribution < 1.29 is 9.59 Å². The molecular weight excluding hydrogens is 222 g/mol. The highest BCUT2D eigenvalue weighted by molar-refractivity contribution is 7.14. The van der Waals surface area contributed by atoms with Crippen molar-refractivity contribution in [1.82, 2.24) is 5.32 Å². The number of thiophene rings is 1. The second-order valence-electron chi connectivity index (χ2n) is 3.43. The van der Waals surface area contributed by atoms with E-state index in [0.29, 0.717) is 6.54 Å². The van der Waals surface area contributed by atoms with E-state index in [1.165, 1.54) is 11.3 Å². The second kappa shape index (κ2) is 6.23. The molecule has 0 aliphatic heterocycles. The summed E-state index contributed by atoms with van der Waals surface area (Å²) in [5, 5.41) is 2.64. The summed E-state index contributed by atoms with van der Waals surface area (Å²) < 4.78 is 0. The van der Waals surface area contributed by atoms with Crippen LogP contribution in [0.3, 0.4) is 0 Å². The lowest BCUT2D eigenvalue weighted by Crippen LogP contribution is -2.23. The standard InChI is InChI=1S/C12H15NO2S/c1-3-8-13-12(15)7-5-10(14)11-6-4-9(2)16-11/h3-4,6H,1,5,7-8H2,2H3,(H,13,15). The fraction of sp³-hybridized carbons (Fsp3) is 0.333. The van der Waals surface area contributed by atoms with Crippen molar-refractivity contribution in [3.63, 3.8) is 0 Å². The summed E-state index contributed by atoms with van der Waals surface area (Å²) in [6.45, 7) is 5.90.